The van der Waals surface area contributed by atoms with Crippen molar-refractivity contribution < 1.29 is 14.6 Å². The predicted octanol–water partition coefficient (Wildman–Crippen LogP) is 4.75. The Morgan fingerprint density at radius 1 is 1.17 bits per heavy atom. The zero-order chi connectivity index (χ0) is 17.0. The van der Waals surface area contributed by atoms with E-state index in [1.807, 2.05) is 64.1 Å². The number of aryl methyl sites for hydroxylation is 1. The Kier molecular flexibility index (Phi) is 4.94. The van der Waals surface area contributed by atoms with Gasteiger partial charge in [-0.1, -0.05) is 57.2 Å². The number of ether oxygens (including phenoxy) is 1. The van der Waals surface area contributed by atoms with Crippen LogP contribution in [0.15, 0.2) is 42.5 Å². The topological polar surface area (TPSA) is 58.6 Å². The molecular weight excluding hydrogens is 290 g/mol. The van der Waals surface area contributed by atoms with Crippen molar-refractivity contribution in [1.82, 2.24) is 0 Å². The van der Waals surface area contributed by atoms with Gasteiger partial charge in [0.05, 0.1) is 5.69 Å². The van der Waals surface area contributed by atoms with Crippen LogP contribution in [0.3, 0.4) is 0 Å². The van der Waals surface area contributed by atoms with E-state index in [0.717, 1.165) is 16.7 Å². The number of hydrogen-bond donors (Lipinski definition) is 2. The van der Waals surface area contributed by atoms with Gasteiger partial charge in [0, 0.05) is 5.56 Å². The van der Waals surface area contributed by atoms with Crippen molar-refractivity contribution in [3.63, 3.8) is 0 Å². The van der Waals surface area contributed by atoms with E-state index in [4.69, 9.17) is 4.74 Å². The summed E-state index contributed by atoms with van der Waals surface area (Å²) in [6.07, 6.45) is -0.588. The second-order valence-corrected chi connectivity index (χ2v) is 6.65. The molecule has 0 aliphatic rings. The SMILES string of the molecule is Cc1cc(NC(=O)OCc2ccccc2)c(O)c(C(C)(C)C)c1. The average Bonchev–Trinajstić information content (AvgIpc) is 2.48. The van der Waals surface area contributed by atoms with Gasteiger partial charge < -0.3 is 9.84 Å². The minimum absolute atomic E-state index is 0.0831. The minimum atomic E-state index is -0.588. The summed E-state index contributed by atoms with van der Waals surface area (Å²) in [5.74, 6) is 0.0831. The van der Waals surface area contributed by atoms with E-state index in [-0.39, 0.29) is 17.8 Å². The van der Waals surface area contributed by atoms with Crippen LogP contribution >= 0.6 is 0 Å². The number of nitrogens with one attached hydrogen (secondary N) is 1. The molecule has 0 aliphatic carbocycles. The van der Waals surface area contributed by atoms with Crippen LogP contribution < -0.4 is 5.32 Å². The lowest BCUT2D eigenvalue weighted by Gasteiger charge is -2.23. The number of hydrogen-bond acceptors (Lipinski definition) is 3. The fourth-order valence-corrected chi connectivity index (χ4v) is 2.31. The molecular formula is C19H23NO3. The molecule has 0 fully saturated rings. The molecule has 0 aromatic heterocycles. The fraction of sp³-hybridized carbons (Fsp3) is 0.316. The van der Waals surface area contributed by atoms with E-state index in [0.29, 0.717) is 5.69 Å². The zero-order valence-electron chi connectivity index (χ0n) is 14.0. The zero-order valence-corrected chi connectivity index (χ0v) is 14.0. The number of benzene rings is 2. The van der Waals surface area contributed by atoms with Crippen molar-refractivity contribution in [3.05, 3.63) is 59.2 Å². The minimum Gasteiger partial charge on any atom is -0.505 e. The Morgan fingerprint density at radius 3 is 2.43 bits per heavy atom. The molecule has 0 spiro atoms. The summed E-state index contributed by atoms with van der Waals surface area (Å²) in [4.78, 5) is 12.0. The largest absolute Gasteiger partial charge is 0.505 e. The first-order valence-electron chi connectivity index (χ1n) is 7.59. The Hall–Kier alpha value is -2.49. The van der Waals surface area contributed by atoms with Crippen LogP contribution in [-0.2, 0) is 16.8 Å². The molecule has 122 valence electrons. The first-order chi connectivity index (χ1) is 10.8. The van der Waals surface area contributed by atoms with Gasteiger partial charge >= 0.3 is 6.09 Å². The average molecular weight is 313 g/mol. The molecule has 2 N–H and O–H groups in total. The van der Waals surface area contributed by atoms with Crippen molar-refractivity contribution in [2.45, 2.75) is 39.7 Å². The Morgan fingerprint density at radius 2 is 1.83 bits per heavy atom. The van der Waals surface area contributed by atoms with Gasteiger partial charge in [-0.05, 0) is 29.5 Å². The molecule has 1 amide bonds. The molecule has 2 aromatic carbocycles. The molecule has 0 atom stereocenters. The molecule has 0 saturated carbocycles. The van der Waals surface area contributed by atoms with Gasteiger partial charge in [-0.2, -0.15) is 0 Å². The van der Waals surface area contributed by atoms with E-state index < -0.39 is 6.09 Å². The number of aromatic hydroxyl groups is 1. The molecule has 0 bridgehead atoms. The molecule has 0 saturated heterocycles. The number of carbonyl (C=O) groups is 1. The summed E-state index contributed by atoms with van der Waals surface area (Å²) in [5, 5.41) is 13.0. The second kappa shape index (κ2) is 6.73. The maximum Gasteiger partial charge on any atom is 0.412 e. The standard InChI is InChI=1S/C19H23NO3/c1-13-10-15(19(2,3)4)17(21)16(11-13)20-18(22)23-12-14-8-6-5-7-9-14/h5-11,21H,12H2,1-4H3,(H,20,22). The van der Waals surface area contributed by atoms with Crippen LogP contribution in [0, 0.1) is 6.92 Å². The number of phenolic OH excluding ortho intramolecular Hbond substituents is 1. The number of amides is 1. The van der Waals surface area contributed by atoms with Gasteiger partial charge in [-0.25, -0.2) is 4.79 Å². The van der Waals surface area contributed by atoms with Gasteiger partial charge in [0.1, 0.15) is 12.4 Å². The highest BCUT2D eigenvalue weighted by molar-refractivity contribution is 5.87. The Balaban J connectivity index is 2.10. The van der Waals surface area contributed by atoms with Crippen molar-refractivity contribution >= 4 is 11.8 Å². The van der Waals surface area contributed by atoms with Crippen molar-refractivity contribution in [3.8, 4) is 5.75 Å². The van der Waals surface area contributed by atoms with Crippen molar-refractivity contribution in [1.29, 1.82) is 0 Å². The molecule has 0 aliphatic heterocycles. The van der Waals surface area contributed by atoms with Crippen LogP contribution in [0.4, 0.5) is 10.5 Å². The van der Waals surface area contributed by atoms with Gasteiger partial charge in [0.15, 0.2) is 0 Å². The molecule has 0 unspecified atom stereocenters. The van der Waals surface area contributed by atoms with E-state index in [9.17, 15) is 9.90 Å². The van der Waals surface area contributed by atoms with Crippen LogP contribution in [0.1, 0.15) is 37.5 Å². The van der Waals surface area contributed by atoms with Gasteiger partial charge in [-0.15, -0.1) is 0 Å². The van der Waals surface area contributed by atoms with Crippen LogP contribution in [0.25, 0.3) is 0 Å². The molecule has 0 heterocycles. The van der Waals surface area contributed by atoms with Gasteiger partial charge in [0.25, 0.3) is 0 Å². The summed E-state index contributed by atoms with van der Waals surface area (Å²) in [6, 6.07) is 13.1. The van der Waals surface area contributed by atoms with Gasteiger partial charge in [-0.3, -0.25) is 5.32 Å². The normalized spacial score (nSPS) is 11.1. The highest BCUT2D eigenvalue weighted by Gasteiger charge is 2.21. The van der Waals surface area contributed by atoms with Crippen molar-refractivity contribution in [2.24, 2.45) is 0 Å². The highest BCUT2D eigenvalue weighted by atomic mass is 16.5. The lowest BCUT2D eigenvalue weighted by molar-refractivity contribution is 0.155. The lowest BCUT2D eigenvalue weighted by atomic mass is 9.85. The maximum atomic E-state index is 12.0. The Labute approximate surface area is 137 Å². The summed E-state index contributed by atoms with van der Waals surface area (Å²) < 4.78 is 5.19. The van der Waals surface area contributed by atoms with Crippen LogP contribution in [-0.4, -0.2) is 11.2 Å². The number of carbonyl (C=O) groups excluding carboxylic acids is 1. The van der Waals surface area contributed by atoms with Crippen LogP contribution in [0.2, 0.25) is 0 Å². The fourth-order valence-electron chi connectivity index (χ4n) is 2.31. The van der Waals surface area contributed by atoms with Crippen LogP contribution in [0.5, 0.6) is 5.75 Å². The highest BCUT2D eigenvalue weighted by Crippen LogP contribution is 2.37. The molecule has 23 heavy (non-hydrogen) atoms. The lowest BCUT2D eigenvalue weighted by Crippen LogP contribution is -2.16. The third-order valence-electron chi connectivity index (χ3n) is 3.51. The summed E-state index contributed by atoms with van der Waals surface area (Å²) in [5.41, 5.74) is 2.81. The first-order valence-corrected chi connectivity index (χ1v) is 7.59. The molecule has 4 heteroatoms. The van der Waals surface area contributed by atoms with Gasteiger partial charge in [0.2, 0.25) is 0 Å². The summed E-state index contributed by atoms with van der Waals surface area (Å²) in [6.45, 7) is 8.15. The molecule has 2 aromatic rings. The monoisotopic (exact) mass is 313 g/mol. The predicted molar refractivity (Wildman–Crippen MR) is 91.8 cm³/mol. The maximum absolute atomic E-state index is 12.0. The second-order valence-electron chi connectivity index (χ2n) is 6.65. The Bertz CT molecular complexity index is 688. The quantitative estimate of drug-likeness (QED) is 0.804. The van der Waals surface area contributed by atoms with E-state index in [1.54, 1.807) is 6.07 Å². The smallest absolute Gasteiger partial charge is 0.412 e. The summed E-state index contributed by atoms with van der Waals surface area (Å²) in [7, 11) is 0. The first kappa shape index (κ1) is 16.9. The van der Waals surface area contributed by atoms with Crippen molar-refractivity contribution in [2.75, 3.05) is 5.32 Å². The van der Waals surface area contributed by atoms with E-state index >= 15 is 0 Å². The number of phenols is 1. The summed E-state index contributed by atoms with van der Waals surface area (Å²) >= 11 is 0. The number of anilines is 1. The van der Waals surface area contributed by atoms with E-state index in [1.165, 1.54) is 0 Å². The number of rotatable bonds is 3. The third kappa shape index (κ3) is 4.49. The van der Waals surface area contributed by atoms with E-state index in [2.05, 4.69) is 5.32 Å². The third-order valence-corrected chi connectivity index (χ3v) is 3.51. The molecule has 4 nitrogen and oxygen atoms in total. The molecule has 2 rings (SSSR count). The molecule has 0 radical (unpaired) electrons.